The number of thiophene rings is 1. The second kappa shape index (κ2) is 3.31. The van der Waals surface area contributed by atoms with Gasteiger partial charge in [0.2, 0.25) is 0 Å². The third kappa shape index (κ3) is 1.36. The fourth-order valence-electron chi connectivity index (χ4n) is 1.47. The molecular formula is C10H10BrNS. The number of benzene rings is 1. The molecule has 1 nitrogen and oxygen atoms in total. The molecule has 0 aliphatic rings. The van der Waals surface area contributed by atoms with Gasteiger partial charge >= 0.3 is 0 Å². The van der Waals surface area contributed by atoms with Crippen molar-refractivity contribution in [2.45, 2.75) is 12.3 Å². The van der Waals surface area contributed by atoms with Crippen molar-refractivity contribution in [3.05, 3.63) is 28.6 Å². The lowest BCUT2D eigenvalue weighted by Gasteiger charge is -2.05. The maximum Gasteiger partial charge on any atom is 0.0387 e. The first-order valence-corrected chi connectivity index (χ1v) is 6.05. The molecule has 2 aromatic rings. The molecule has 0 bridgehead atoms. The van der Waals surface area contributed by atoms with Gasteiger partial charge < -0.3 is 5.73 Å². The van der Waals surface area contributed by atoms with Crippen molar-refractivity contribution in [1.29, 1.82) is 0 Å². The van der Waals surface area contributed by atoms with Crippen molar-refractivity contribution in [2.75, 3.05) is 5.73 Å². The van der Waals surface area contributed by atoms with E-state index >= 15 is 0 Å². The fraction of sp³-hybridized carbons (Fsp3) is 0.200. The van der Waals surface area contributed by atoms with E-state index in [-0.39, 0.29) is 0 Å². The van der Waals surface area contributed by atoms with Crippen LogP contribution in [-0.4, -0.2) is 0 Å². The van der Waals surface area contributed by atoms with Gasteiger partial charge in [0.15, 0.2) is 0 Å². The Balaban J connectivity index is 2.87. The molecule has 68 valence electrons. The summed E-state index contributed by atoms with van der Waals surface area (Å²) in [7, 11) is 0. The molecule has 2 N–H and O–H groups in total. The topological polar surface area (TPSA) is 26.0 Å². The van der Waals surface area contributed by atoms with Crippen LogP contribution in [0.25, 0.3) is 10.1 Å². The van der Waals surface area contributed by atoms with Gasteiger partial charge in [0.05, 0.1) is 0 Å². The molecule has 0 saturated heterocycles. The van der Waals surface area contributed by atoms with Crippen LogP contribution in [0.1, 0.15) is 11.1 Å². The van der Waals surface area contributed by atoms with E-state index in [0.717, 1.165) is 11.0 Å². The Morgan fingerprint density at radius 2 is 2.31 bits per heavy atom. The number of nitrogen functional groups attached to an aromatic ring is 1. The van der Waals surface area contributed by atoms with E-state index in [2.05, 4.69) is 40.4 Å². The van der Waals surface area contributed by atoms with E-state index in [1.807, 2.05) is 0 Å². The zero-order chi connectivity index (χ0) is 9.42. The Hall–Kier alpha value is -0.540. The van der Waals surface area contributed by atoms with Crippen molar-refractivity contribution in [3.63, 3.8) is 0 Å². The highest BCUT2D eigenvalue weighted by Gasteiger charge is 2.06. The predicted octanol–water partition coefficient (Wildman–Crippen LogP) is 3.69. The van der Waals surface area contributed by atoms with Crippen molar-refractivity contribution < 1.29 is 0 Å². The zero-order valence-electron chi connectivity index (χ0n) is 7.30. The van der Waals surface area contributed by atoms with E-state index in [4.69, 9.17) is 5.73 Å². The van der Waals surface area contributed by atoms with E-state index in [9.17, 15) is 0 Å². The molecule has 0 aliphatic heterocycles. The van der Waals surface area contributed by atoms with Gasteiger partial charge in [-0.25, -0.2) is 0 Å². The summed E-state index contributed by atoms with van der Waals surface area (Å²) < 4.78 is 1.35. The van der Waals surface area contributed by atoms with Crippen LogP contribution in [0.5, 0.6) is 0 Å². The lowest BCUT2D eigenvalue weighted by atomic mass is 10.1. The second-order valence-corrected chi connectivity index (χ2v) is 4.52. The Labute approximate surface area is 89.7 Å². The highest BCUT2D eigenvalue weighted by Crippen LogP contribution is 2.32. The zero-order valence-corrected chi connectivity index (χ0v) is 9.71. The van der Waals surface area contributed by atoms with Crippen molar-refractivity contribution in [1.82, 2.24) is 0 Å². The van der Waals surface area contributed by atoms with Crippen molar-refractivity contribution in [2.24, 2.45) is 0 Å². The summed E-state index contributed by atoms with van der Waals surface area (Å²) in [6.45, 7) is 2.07. The number of aryl methyl sites for hydroxylation is 1. The molecule has 1 heterocycles. The van der Waals surface area contributed by atoms with Gasteiger partial charge in [-0.2, -0.15) is 0 Å². The largest absolute Gasteiger partial charge is 0.398 e. The maximum atomic E-state index is 5.91. The average Bonchev–Trinajstić information content (AvgIpc) is 2.60. The Morgan fingerprint density at radius 1 is 1.54 bits per heavy atom. The number of hydrogen-bond acceptors (Lipinski definition) is 2. The second-order valence-electron chi connectivity index (χ2n) is 3.05. The highest BCUT2D eigenvalue weighted by molar-refractivity contribution is 9.08. The number of rotatable bonds is 1. The van der Waals surface area contributed by atoms with Crippen LogP contribution in [0.3, 0.4) is 0 Å². The molecule has 0 atom stereocenters. The SMILES string of the molecule is Cc1c(N)cc(CBr)c2sccc12. The van der Waals surface area contributed by atoms with Gasteiger partial charge in [-0.3, -0.25) is 0 Å². The third-order valence-corrected chi connectivity index (χ3v) is 3.86. The van der Waals surface area contributed by atoms with Gasteiger partial charge in [0.1, 0.15) is 0 Å². The molecule has 13 heavy (non-hydrogen) atoms. The van der Waals surface area contributed by atoms with E-state index in [1.54, 1.807) is 11.3 Å². The van der Waals surface area contributed by atoms with E-state index in [1.165, 1.54) is 21.2 Å². The van der Waals surface area contributed by atoms with Crippen LogP contribution >= 0.6 is 27.3 Å². The van der Waals surface area contributed by atoms with Crippen molar-refractivity contribution in [3.8, 4) is 0 Å². The summed E-state index contributed by atoms with van der Waals surface area (Å²) in [5.74, 6) is 0. The van der Waals surface area contributed by atoms with E-state index < -0.39 is 0 Å². The van der Waals surface area contributed by atoms with Crippen LogP contribution < -0.4 is 5.73 Å². The fourth-order valence-corrected chi connectivity index (χ4v) is 3.07. The molecule has 0 saturated carbocycles. The minimum Gasteiger partial charge on any atom is -0.398 e. The number of alkyl halides is 1. The molecule has 1 aromatic heterocycles. The van der Waals surface area contributed by atoms with Gasteiger partial charge in [-0.05, 0) is 40.9 Å². The number of anilines is 1. The minimum absolute atomic E-state index is 0.870. The molecule has 3 heteroatoms. The number of nitrogens with two attached hydrogens (primary N) is 1. The minimum atomic E-state index is 0.870. The predicted molar refractivity (Wildman–Crippen MR) is 63.6 cm³/mol. The molecule has 0 amide bonds. The molecule has 0 radical (unpaired) electrons. The molecule has 0 spiro atoms. The van der Waals surface area contributed by atoms with Gasteiger partial charge in [-0.15, -0.1) is 11.3 Å². The molecule has 0 unspecified atom stereocenters. The van der Waals surface area contributed by atoms with Crippen molar-refractivity contribution >= 4 is 43.0 Å². The summed E-state index contributed by atoms with van der Waals surface area (Å²) >= 11 is 5.25. The normalized spacial score (nSPS) is 10.9. The first-order chi connectivity index (χ1) is 6.24. The Morgan fingerprint density at radius 3 is 3.00 bits per heavy atom. The summed E-state index contributed by atoms with van der Waals surface area (Å²) in [4.78, 5) is 0. The quantitative estimate of drug-likeness (QED) is 0.611. The summed E-state index contributed by atoms with van der Waals surface area (Å²) in [6, 6.07) is 4.20. The Bertz CT molecular complexity index is 447. The maximum absolute atomic E-state index is 5.91. The lowest BCUT2D eigenvalue weighted by Crippen LogP contribution is -1.91. The summed E-state index contributed by atoms with van der Waals surface area (Å²) in [5.41, 5.74) is 9.28. The van der Waals surface area contributed by atoms with Crippen LogP contribution in [0, 0.1) is 6.92 Å². The molecular weight excluding hydrogens is 246 g/mol. The molecule has 1 aromatic carbocycles. The highest BCUT2D eigenvalue weighted by atomic mass is 79.9. The summed E-state index contributed by atoms with van der Waals surface area (Å²) in [5, 5.41) is 4.28. The number of hydrogen-bond donors (Lipinski definition) is 1. The third-order valence-electron chi connectivity index (χ3n) is 2.27. The molecule has 2 rings (SSSR count). The van der Waals surface area contributed by atoms with E-state index in [0.29, 0.717) is 0 Å². The molecule has 0 fully saturated rings. The van der Waals surface area contributed by atoms with Gasteiger partial charge in [-0.1, -0.05) is 15.9 Å². The standard InChI is InChI=1S/C10H10BrNS/c1-6-8-2-3-13-10(8)7(5-11)4-9(6)12/h2-4H,5,12H2,1H3. The van der Waals surface area contributed by atoms with Gasteiger partial charge in [0, 0.05) is 15.7 Å². The number of halogens is 1. The number of fused-ring (bicyclic) bond motifs is 1. The van der Waals surface area contributed by atoms with Crippen LogP contribution in [0.15, 0.2) is 17.5 Å². The first kappa shape index (κ1) is 9.03. The smallest absolute Gasteiger partial charge is 0.0387 e. The summed E-state index contributed by atoms with van der Waals surface area (Å²) in [6.07, 6.45) is 0. The Kier molecular flexibility index (Phi) is 2.30. The van der Waals surface area contributed by atoms with Crippen LogP contribution in [-0.2, 0) is 5.33 Å². The monoisotopic (exact) mass is 255 g/mol. The molecule has 0 aliphatic carbocycles. The average molecular weight is 256 g/mol. The lowest BCUT2D eigenvalue weighted by molar-refractivity contribution is 1.46. The first-order valence-electron chi connectivity index (χ1n) is 4.05. The van der Waals surface area contributed by atoms with Crippen LogP contribution in [0.2, 0.25) is 0 Å². The van der Waals surface area contributed by atoms with Crippen LogP contribution in [0.4, 0.5) is 5.69 Å². The van der Waals surface area contributed by atoms with Gasteiger partial charge in [0.25, 0.3) is 0 Å².